The molecule has 160 valence electrons. The first-order valence-corrected chi connectivity index (χ1v) is 11.4. The molecule has 1 saturated heterocycles. The molecule has 0 aromatic carbocycles. The Balaban J connectivity index is 1.27. The standard InChI is InChI=1S/C23H35N3O3/c1-15-4-8-17(9-5-15)23(2,3)22(28)26-12-10-18(11-13-26)24-21(27)19-14-20(29-25-19)16-6-7-16/h14-18H,4-13H2,1-3H3,(H,24,27). The molecule has 0 atom stereocenters. The van der Waals surface area contributed by atoms with Crippen LogP contribution in [0.1, 0.15) is 94.3 Å². The number of amides is 2. The van der Waals surface area contributed by atoms with E-state index in [1.54, 1.807) is 6.07 Å². The van der Waals surface area contributed by atoms with Crippen molar-refractivity contribution in [3.05, 3.63) is 17.5 Å². The highest BCUT2D eigenvalue weighted by atomic mass is 16.5. The van der Waals surface area contributed by atoms with Gasteiger partial charge in [-0.1, -0.05) is 38.8 Å². The monoisotopic (exact) mass is 401 g/mol. The van der Waals surface area contributed by atoms with Gasteiger partial charge in [-0.3, -0.25) is 9.59 Å². The third kappa shape index (κ3) is 4.51. The van der Waals surface area contributed by atoms with Crippen LogP contribution in [0.4, 0.5) is 0 Å². The lowest BCUT2D eigenvalue weighted by atomic mass is 9.68. The van der Waals surface area contributed by atoms with Gasteiger partial charge >= 0.3 is 0 Å². The molecular weight excluding hydrogens is 366 g/mol. The summed E-state index contributed by atoms with van der Waals surface area (Å²) in [5.74, 6) is 2.68. The van der Waals surface area contributed by atoms with Crippen LogP contribution in [0.25, 0.3) is 0 Å². The molecule has 3 aliphatic rings. The van der Waals surface area contributed by atoms with Crippen molar-refractivity contribution in [1.29, 1.82) is 0 Å². The number of nitrogens with zero attached hydrogens (tertiary/aromatic N) is 2. The Morgan fingerprint density at radius 2 is 1.72 bits per heavy atom. The zero-order valence-corrected chi connectivity index (χ0v) is 18.1. The lowest BCUT2D eigenvalue weighted by Crippen LogP contribution is -2.51. The molecule has 0 spiro atoms. The van der Waals surface area contributed by atoms with Crippen molar-refractivity contribution in [1.82, 2.24) is 15.4 Å². The number of nitrogens with one attached hydrogen (secondary N) is 1. The maximum absolute atomic E-state index is 13.2. The highest BCUT2D eigenvalue weighted by Crippen LogP contribution is 2.42. The van der Waals surface area contributed by atoms with E-state index in [9.17, 15) is 9.59 Å². The number of aromatic nitrogens is 1. The van der Waals surface area contributed by atoms with Crippen molar-refractivity contribution in [3.63, 3.8) is 0 Å². The Hall–Kier alpha value is -1.85. The van der Waals surface area contributed by atoms with Gasteiger partial charge in [-0.05, 0) is 50.4 Å². The first kappa shape index (κ1) is 20.4. The van der Waals surface area contributed by atoms with Crippen LogP contribution in [0, 0.1) is 17.3 Å². The quantitative estimate of drug-likeness (QED) is 0.805. The molecular formula is C23H35N3O3. The molecule has 0 bridgehead atoms. The second-order valence-electron chi connectivity index (χ2n) is 10.1. The molecule has 1 aliphatic heterocycles. The van der Waals surface area contributed by atoms with Gasteiger partial charge in [0.05, 0.1) is 0 Å². The molecule has 6 heteroatoms. The molecule has 2 heterocycles. The molecule has 6 nitrogen and oxygen atoms in total. The molecule has 4 rings (SSSR count). The zero-order valence-electron chi connectivity index (χ0n) is 18.1. The number of likely N-dealkylation sites (tertiary alicyclic amines) is 1. The predicted molar refractivity (Wildman–Crippen MR) is 110 cm³/mol. The van der Waals surface area contributed by atoms with E-state index in [0.29, 0.717) is 30.6 Å². The van der Waals surface area contributed by atoms with Gasteiger partial charge in [0, 0.05) is 36.5 Å². The van der Waals surface area contributed by atoms with Crippen molar-refractivity contribution in [2.24, 2.45) is 17.3 Å². The van der Waals surface area contributed by atoms with E-state index in [1.807, 2.05) is 4.90 Å². The minimum absolute atomic E-state index is 0.0891. The van der Waals surface area contributed by atoms with E-state index >= 15 is 0 Å². The SMILES string of the molecule is CC1CCC(C(C)(C)C(=O)N2CCC(NC(=O)c3cc(C4CC4)on3)CC2)CC1. The fourth-order valence-electron chi connectivity index (χ4n) is 5.01. The average molecular weight is 402 g/mol. The number of hydrogen-bond acceptors (Lipinski definition) is 4. The van der Waals surface area contributed by atoms with Crippen molar-refractivity contribution >= 4 is 11.8 Å². The van der Waals surface area contributed by atoms with Gasteiger partial charge in [-0.15, -0.1) is 0 Å². The van der Waals surface area contributed by atoms with Crippen molar-refractivity contribution in [2.45, 2.75) is 84.1 Å². The summed E-state index contributed by atoms with van der Waals surface area (Å²) in [6, 6.07) is 1.87. The summed E-state index contributed by atoms with van der Waals surface area (Å²) >= 11 is 0. The lowest BCUT2D eigenvalue weighted by molar-refractivity contribution is -0.145. The number of carbonyl (C=O) groups excluding carboxylic acids is 2. The second-order valence-corrected chi connectivity index (χ2v) is 10.1. The molecule has 0 unspecified atom stereocenters. The van der Waals surface area contributed by atoms with Crippen LogP contribution in [0.3, 0.4) is 0 Å². The summed E-state index contributed by atoms with van der Waals surface area (Å²) in [5, 5.41) is 7.00. The van der Waals surface area contributed by atoms with Crippen LogP contribution >= 0.6 is 0 Å². The van der Waals surface area contributed by atoms with E-state index in [1.165, 1.54) is 12.8 Å². The number of carbonyl (C=O) groups is 2. The summed E-state index contributed by atoms with van der Waals surface area (Å²) in [6.07, 6.45) is 8.63. The van der Waals surface area contributed by atoms with Gasteiger partial charge in [-0.25, -0.2) is 0 Å². The third-order valence-corrected chi connectivity index (χ3v) is 7.45. The zero-order chi connectivity index (χ0) is 20.6. The molecule has 1 aromatic heterocycles. The Labute approximate surface area is 173 Å². The molecule has 2 saturated carbocycles. The maximum Gasteiger partial charge on any atom is 0.273 e. The van der Waals surface area contributed by atoms with Crippen LogP contribution < -0.4 is 5.32 Å². The van der Waals surface area contributed by atoms with E-state index in [2.05, 4.69) is 31.2 Å². The average Bonchev–Trinajstić information content (AvgIpc) is 3.44. The summed E-state index contributed by atoms with van der Waals surface area (Å²) in [4.78, 5) is 27.7. The fraction of sp³-hybridized carbons (Fsp3) is 0.783. The van der Waals surface area contributed by atoms with Gasteiger partial charge in [0.15, 0.2) is 5.69 Å². The Bertz CT molecular complexity index is 736. The third-order valence-electron chi connectivity index (χ3n) is 7.45. The van der Waals surface area contributed by atoms with Crippen LogP contribution in [0.2, 0.25) is 0 Å². The molecule has 3 fully saturated rings. The van der Waals surface area contributed by atoms with Crippen molar-refractivity contribution in [3.8, 4) is 0 Å². The van der Waals surface area contributed by atoms with E-state index in [4.69, 9.17) is 4.52 Å². The minimum atomic E-state index is -0.295. The summed E-state index contributed by atoms with van der Waals surface area (Å²) in [6.45, 7) is 8.00. The smallest absolute Gasteiger partial charge is 0.273 e. The van der Waals surface area contributed by atoms with Crippen LogP contribution in [0.5, 0.6) is 0 Å². The number of hydrogen-bond donors (Lipinski definition) is 1. The first-order valence-electron chi connectivity index (χ1n) is 11.4. The first-order chi connectivity index (χ1) is 13.8. The fourth-order valence-corrected chi connectivity index (χ4v) is 5.01. The van der Waals surface area contributed by atoms with E-state index < -0.39 is 0 Å². The lowest BCUT2D eigenvalue weighted by Gasteiger charge is -2.42. The molecule has 2 aliphatic carbocycles. The van der Waals surface area contributed by atoms with Gasteiger partial charge in [0.2, 0.25) is 5.91 Å². The molecule has 1 N–H and O–H groups in total. The number of rotatable bonds is 5. The highest BCUT2D eigenvalue weighted by Gasteiger charge is 2.41. The van der Waals surface area contributed by atoms with Crippen LogP contribution in [0.15, 0.2) is 10.6 Å². The predicted octanol–water partition coefficient (Wildman–Crippen LogP) is 4.13. The van der Waals surface area contributed by atoms with Crippen LogP contribution in [-0.4, -0.2) is 41.0 Å². The Morgan fingerprint density at radius 1 is 1.07 bits per heavy atom. The number of piperidine rings is 1. The van der Waals surface area contributed by atoms with Crippen LogP contribution in [-0.2, 0) is 4.79 Å². The molecule has 2 amide bonds. The minimum Gasteiger partial charge on any atom is -0.360 e. The Kier molecular flexibility index (Phi) is 5.71. The normalized spacial score (nSPS) is 26.4. The van der Waals surface area contributed by atoms with Gasteiger partial charge < -0.3 is 14.7 Å². The van der Waals surface area contributed by atoms with Crippen molar-refractivity contribution < 1.29 is 14.1 Å². The largest absolute Gasteiger partial charge is 0.360 e. The van der Waals surface area contributed by atoms with E-state index in [-0.39, 0.29) is 23.3 Å². The second kappa shape index (κ2) is 8.11. The Morgan fingerprint density at radius 3 is 2.34 bits per heavy atom. The van der Waals surface area contributed by atoms with E-state index in [0.717, 1.165) is 50.2 Å². The van der Waals surface area contributed by atoms with Gasteiger partial charge in [-0.2, -0.15) is 0 Å². The highest BCUT2D eigenvalue weighted by molar-refractivity contribution is 5.92. The molecule has 1 aromatic rings. The van der Waals surface area contributed by atoms with Crippen molar-refractivity contribution in [2.75, 3.05) is 13.1 Å². The van der Waals surface area contributed by atoms with Gasteiger partial charge in [0.1, 0.15) is 5.76 Å². The summed E-state index contributed by atoms with van der Waals surface area (Å²) in [7, 11) is 0. The van der Waals surface area contributed by atoms with Gasteiger partial charge in [0.25, 0.3) is 5.91 Å². The summed E-state index contributed by atoms with van der Waals surface area (Å²) < 4.78 is 5.29. The topological polar surface area (TPSA) is 75.4 Å². The maximum atomic E-state index is 13.2. The summed E-state index contributed by atoms with van der Waals surface area (Å²) in [5.41, 5.74) is 0.0777. The molecule has 29 heavy (non-hydrogen) atoms. The molecule has 0 radical (unpaired) electrons.